The van der Waals surface area contributed by atoms with E-state index < -0.39 is 8.07 Å². The maximum absolute atomic E-state index is 11.9. The highest BCUT2D eigenvalue weighted by molar-refractivity contribution is 6.76. The number of hydrogen-bond donors (Lipinski definition) is 0. The zero-order chi connectivity index (χ0) is 21.4. The van der Waals surface area contributed by atoms with Crippen LogP contribution in [0.2, 0.25) is 25.7 Å². The Bertz CT molecular complexity index is 695. The lowest BCUT2D eigenvalue weighted by atomic mass is 9.72. The van der Waals surface area contributed by atoms with Crippen LogP contribution in [0.3, 0.4) is 0 Å². The van der Waals surface area contributed by atoms with E-state index in [-0.39, 0.29) is 11.4 Å². The number of hydrogen-bond acceptors (Lipinski definition) is 2. The molecule has 0 aliphatic heterocycles. The number of carbonyl (C=O) groups excluding carboxylic acids is 1. The molecule has 0 heterocycles. The van der Waals surface area contributed by atoms with Gasteiger partial charge in [-0.3, -0.25) is 0 Å². The lowest BCUT2D eigenvalue weighted by Gasteiger charge is -2.32. The molecule has 0 aromatic rings. The standard InChI is InChI=1S/C25H40O2Si/c1-20(14-15-23-22(3)13-10-16-25(23,4)5)11-9-12-21(2)19-24(26)27-17-18-28(6,7)8/h9,11-12,14-15,19H,10,13,16-18H2,1-8H3/b12-9+,15-14+,20-11+,21-19+. The molecule has 0 unspecified atom stereocenters. The van der Waals surface area contributed by atoms with Crippen LogP contribution in [0.1, 0.15) is 53.9 Å². The van der Waals surface area contributed by atoms with Gasteiger partial charge >= 0.3 is 5.97 Å². The second-order valence-electron chi connectivity index (χ2n) is 9.90. The number of ether oxygens (including phenoxy) is 1. The quantitative estimate of drug-likeness (QED) is 0.184. The molecule has 0 fully saturated rings. The summed E-state index contributed by atoms with van der Waals surface area (Å²) >= 11 is 0. The topological polar surface area (TPSA) is 26.3 Å². The Kier molecular flexibility index (Phi) is 9.42. The summed E-state index contributed by atoms with van der Waals surface area (Å²) in [6, 6.07) is 1.00. The van der Waals surface area contributed by atoms with Gasteiger partial charge in [0, 0.05) is 14.1 Å². The Balaban J connectivity index is 2.61. The first-order valence-corrected chi connectivity index (χ1v) is 14.2. The summed E-state index contributed by atoms with van der Waals surface area (Å²) in [6.07, 6.45) is 15.8. The van der Waals surface area contributed by atoms with E-state index in [1.165, 1.54) is 36.0 Å². The van der Waals surface area contributed by atoms with Gasteiger partial charge in [0.25, 0.3) is 0 Å². The predicted octanol–water partition coefficient (Wildman–Crippen LogP) is 7.40. The molecule has 28 heavy (non-hydrogen) atoms. The molecule has 0 aromatic carbocycles. The van der Waals surface area contributed by atoms with Crippen LogP contribution in [-0.4, -0.2) is 20.7 Å². The number of carbonyl (C=O) groups is 1. The summed E-state index contributed by atoms with van der Waals surface area (Å²) in [6.45, 7) is 18.3. The second-order valence-corrected chi connectivity index (χ2v) is 15.5. The fraction of sp³-hybridized carbons (Fsp3) is 0.560. The van der Waals surface area contributed by atoms with Crippen LogP contribution < -0.4 is 0 Å². The Hall–Kier alpha value is -1.61. The molecule has 3 heteroatoms. The van der Waals surface area contributed by atoms with E-state index in [0.717, 1.165) is 11.6 Å². The van der Waals surface area contributed by atoms with Gasteiger partial charge in [-0.05, 0) is 62.6 Å². The Morgan fingerprint density at radius 3 is 2.43 bits per heavy atom. The number of allylic oxidation sites excluding steroid dienone is 9. The van der Waals surface area contributed by atoms with Crippen LogP contribution in [0.25, 0.3) is 0 Å². The summed E-state index contributed by atoms with van der Waals surface area (Å²) in [5.41, 5.74) is 5.36. The van der Waals surface area contributed by atoms with Crippen molar-refractivity contribution in [3.63, 3.8) is 0 Å². The monoisotopic (exact) mass is 400 g/mol. The molecule has 0 amide bonds. The molecule has 1 aliphatic rings. The summed E-state index contributed by atoms with van der Waals surface area (Å²) in [5, 5.41) is 0. The smallest absolute Gasteiger partial charge is 0.330 e. The third-order valence-electron chi connectivity index (χ3n) is 5.22. The van der Waals surface area contributed by atoms with E-state index in [9.17, 15) is 4.79 Å². The lowest BCUT2D eigenvalue weighted by molar-refractivity contribution is -0.137. The molecule has 0 saturated heterocycles. The zero-order valence-corrected chi connectivity index (χ0v) is 20.3. The highest BCUT2D eigenvalue weighted by Gasteiger charge is 2.26. The van der Waals surface area contributed by atoms with Gasteiger partial charge in [0.05, 0.1) is 6.61 Å². The molecule has 0 aromatic heterocycles. The van der Waals surface area contributed by atoms with Gasteiger partial charge in [0.2, 0.25) is 0 Å². The van der Waals surface area contributed by atoms with Crippen LogP contribution in [0.15, 0.2) is 58.7 Å². The van der Waals surface area contributed by atoms with Gasteiger partial charge in [-0.1, -0.05) is 75.0 Å². The van der Waals surface area contributed by atoms with Crippen molar-refractivity contribution in [2.75, 3.05) is 6.61 Å². The van der Waals surface area contributed by atoms with Gasteiger partial charge < -0.3 is 4.74 Å². The minimum atomic E-state index is -1.16. The second kappa shape index (κ2) is 10.8. The molecular formula is C25H40O2Si. The maximum Gasteiger partial charge on any atom is 0.330 e. The summed E-state index contributed by atoms with van der Waals surface area (Å²) in [4.78, 5) is 11.9. The maximum atomic E-state index is 11.9. The summed E-state index contributed by atoms with van der Waals surface area (Å²) in [5.74, 6) is -0.247. The van der Waals surface area contributed by atoms with Gasteiger partial charge in [-0.15, -0.1) is 0 Å². The molecule has 0 bridgehead atoms. The minimum Gasteiger partial charge on any atom is -0.463 e. The van der Waals surface area contributed by atoms with Crippen LogP contribution in [0.5, 0.6) is 0 Å². The van der Waals surface area contributed by atoms with Gasteiger partial charge in [-0.2, -0.15) is 0 Å². The lowest BCUT2D eigenvalue weighted by Crippen LogP contribution is -2.22. The van der Waals surface area contributed by atoms with Crippen molar-refractivity contribution in [1.29, 1.82) is 0 Å². The fourth-order valence-corrected chi connectivity index (χ4v) is 4.08. The molecule has 1 aliphatic carbocycles. The van der Waals surface area contributed by atoms with E-state index in [1.807, 2.05) is 19.1 Å². The molecule has 0 radical (unpaired) electrons. The fourth-order valence-electron chi connectivity index (χ4n) is 3.37. The normalized spacial score (nSPS) is 19.0. The molecule has 2 nitrogen and oxygen atoms in total. The summed E-state index contributed by atoms with van der Waals surface area (Å²) < 4.78 is 5.31. The first-order valence-electron chi connectivity index (χ1n) is 10.5. The largest absolute Gasteiger partial charge is 0.463 e. The van der Waals surface area contributed by atoms with Crippen LogP contribution in [0.4, 0.5) is 0 Å². The highest BCUT2D eigenvalue weighted by atomic mass is 28.3. The first-order chi connectivity index (χ1) is 12.9. The van der Waals surface area contributed by atoms with Crippen molar-refractivity contribution >= 4 is 14.0 Å². The van der Waals surface area contributed by atoms with E-state index in [1.54, 1.807) is 6.08 Å². The third kappa shape index (κ3) is 9.54. The molecular weight excluding hydrogens is 360 g/mol. The van der Waals surface area contributed by atoms with E-state index in [0.29, 0.717) is 6.61 Å². The first kappa shape index (κ1) is 24.4. The van der Waals surface area contributed by atoms with Crippen molar-refractivity contribution in [3.05, 3.63) is 58.7 Å². The molecule has 0 saturated carbocycles. The molecule has 0 spiro atoms. The van der Waals surface area contributed by atoms with Crippen molar-refractivity contribution in [3.8, 4) is 0 Å². The average Bonchev–Trinajstić information content (AvgIpc) is 2.52. The van der Waals surface area contributed by atoms with Crippen molar-refractivity contribution in [2.24, 2.45) is 5.41 Å². The van der Waals surface area contributed by atoms with Crippen molar-refractivity contribution in [2.45, 2.75) is 79.6 Å². The van der Waals surface area contributed by atoms with E-state index in [2.05, 4.69) is 65.6 Å². The van der Waals surface area contributed by atoms with E-state index >= 15 is 0 Å². The highest BCUT2D eigenvalue weighted by Crippen LogP contribution is 2.40. The molecule has 1 rings (SSSR count). The van der Waals surface area contributed by atoms with Gasteiger partial charge in [0.15, 0.2) is 0 Å². The molecule has 0 N–H and O–H groups in total. The average molecular weight is 401 g/mol. The Morgan fingerprint density at radius 2 is 1.82 bits per heavy atom. The zero-order valence-electron chi connectivity index (χ0n) is 19.3. The van der Waals surface area contributed by atoms with Gasteiger partial charge in [0.1, 0.15) is 0 Å². The third-order valence-corrected chi connectivity index (χ3v) is 6.92. The van der Waals surface area contributed by atoms with Crippen LogP contribution >= 0.6 is 0 Å². The van der Waals surface area contributed by atoms with E-state index in [4.69, 9.17) is 4.74 Å². The minimum absolute atomic E-state index is 0.247. The number of rotatable bonds is 8. The van der Waals surface area contributed by atoms with Crippen LogP contribution in [0, 0.1) is 5.41 Å². The number of esters is 1. The molecule has 0 atom stereocenters. The van der Waals surface area contributed by atoms with Crippen LogP contribution in [-0.2, 0) is 9.53 Å². The van der Waals surface area contributed by atoms with Crippen molar-refractivity contribution < 1.29 is 9.53 Å². The van der Waals surface area contributed by atoms with Crippen molar-refractivity contribution in [1.82, 2.24) is 0 Å². The molecule has 156 valence electrons. The Morgan fingerprint density at radius 1 is 1.14 bits per heavy atom. The Labute approximate surface area is 174 Å². The predicted molar refractivity (Wildman–Crippen MR) is 125 cm³/mol. The SMILES string of the molecule is CC1=C(/C=C/C(C)=C/C=C/C(C)=C/C(=O)OCC[Si](C)(C)C)C(C)(C)CCC1. The summed E-state index contributed by atoms with van der Waals surface area (Å²) in [7, 11) is -1.16. The van der Waals surface area contributed by atoms with Gasteiger partial charge in [-0.25, -0.2) is 4.79 Å².